The second-order valence-electron chi connectivity index (χ2n) is 15.5. The van der Waals surface area contributed by atoms with Gasteiger partial charge in [-0.05, 0) is 62.3 Å². The summed E-state index contributed by atoms with van der Waals surface area (Å²) in [6.07, 6.45) is 9.87. The van der Waals surface area contributed by atoms with Crippen LogP contribution >= 0.6 is 0 Å². The number of benzene rings is 2. The van der Waals surface area contributed by atoms with E-state index in [1.165, 1.54) is 29.4 Å². The molecule has 5 fully saturated rings. The van der Waals surface area contributed by atoms with Gasteiger partial charge >= 0.3 is 12.1 Å². The Balaban J connectivity index is 1.16. The Labute approximate surface area is 293 Å². The fourth-order valence-electron chi connectivity index (χ4n) is 10.2. The number of carbonyl (C=O) groups is 1. The lowest BCUT2D eigenvalue weighted by Crippen LogP contribution is -2.64. The number of fused-ring (bicyclic) bond motifs is 7. The maximum absolute atomic E-state index is 17.3. The molecule has 10 nitrogen and oxygen atoms in total. The van der Waals surface area contributed by atoms with Crippen LogP contribution in [0.25, 0.3) is 32.9 Å². The molecule has 51 heavy (non-hydrogen) atoms. The molecular formula is C39H36F2N6O4. The third-order valence-corrected chi connectivity index (χ3v) is 12.4. The third kappa shape index (κ3) is 4.36. The van der Waals surface area contributed by atoms with Gasteiger partial charge < -0.3 is 19.5 Å². The molecule has 1 spiro atoms. The molecule has 2 aromatic heterocycles. The number of halogens is 2. The highest BCUT2D eigenvalue weighted by Gasteiger charge is 2.61. The molecule has 2 bridgehead atoms. The monoisotopic (exact) mass is 690 g/mol. The molecule has 260 valence electrons. The van der Waals surface area contributed by atoms with Gasteiger partial charge in [-0.15, -0.1) is 6.42 Å². The van der Waals surface area contributed by atoms with Crippen molar-refractivity contribution >= 4 is 33.6 Å². The zero-order valence-electron chi connectivity index (χ0n) is 28.2. The van der Waals surface area contributed by atoms with Gasteiger partial charge in [0.25, 0.3) is 0 Å². The SMILES string of the molecule is C#Cc1c(F)ccc2cccc(-c3nc4c5c(nc(OCC67CC(=C)CN6CC6(CC6)C7)nc5c3F)N3CC5CCC(C3C(C)O4)N5C(=O)O)c12. The lowest BCUT2D eigenvalue weighted by molar-refractivity contribution is 0.0706. The maximum Gasteiger partial charge on any atom is 0.407 e. The van der Waals surface area contributed by atoms with Gasteiger partial charge in [-0.1, -0.05) is 42.3 Å². The quantitative estimate of drug-likeness (QED) is 0.200. The first kappa shape index (κ1) is 30.8. The highest BCUT2D eigenvalue weighted by molar-refractivity contribution is 6.03. The van der Waals surface area contributed by atoms with E-state index in [2.05, 4.69) is 22.3 Å². The minimum absolute atomic E-state index is 0.00539. The number of pyridine rings is 1. The van der Waals surface area contributed by atoms with Crippen LogP contribution in [-0.2, 0) is 0 Å². The standard InChI is InChI=1S/C39H36F2N6O4/c1-4-24-26(40)10-8-22-6-5-7-25(28(22)24)31-30(41)32-29-34(44-36(43-32)50-19-39-14-20(2)15-45(39)18-38(17-39)12-13-38)46-16-23-9-11-27(47(23)37(48)49)33(46)21(3)51-35(29)42-31/h1,5-8,10,21,23,27,33H,2,9,11-19H2,3H3,(H,48,49). The van der Waals surface area contributed by atoms with E-state index in [-0.39, 0.29) is 51.7 Å². The van der Waals surface area contributed by atoms with Gasteiger partial charge in [0.15, 0.2) is 5.82 Å². The van der Waals surface area contributed by atoms with Crippen LogP contribution in [0.5, 0.6) is 11.9 Å². The Hall–Kier alpha value is -5.02. The van der Waals surface area contributed by atoms with Gasteiger partial charge in [-0.3, -0.25) is 9.80 Å². The van der Waals surface area contributed by atoms with Gasteiger partial charge in [0.1, 0.15) is 40.9 Å². The van der Waals surface area contributed by atoms with Crippen LogP contribution < -0.4 is 14.4 Å². The Kier molecular flexibility index (Phi) is 6.34. The average Bonchev–Trinajstić information content (AvgIpc) is 3.60. The fraction of sp³-hybridized carbons (Fsp3) is 0.436. The van der Waals surface area contributed by atoms with E-state index in [9.17, 15) is 9.90 Å². The molecule has 5 unspecified atom stereocenters. The minimum Gasteiger partial charge on any atom is -0.472 e. The van der Waals surface area contributed by atoms with Crippen LogP contribution in [-0.4, -0.2) is 92.0 Å². The lowest BCUT2D eigenvalue weighted by atomic mass is 9.88. The number of nitrogens with zero attached hydrogens (tertiary/aromatic N) is 6. The average molecular weight is 691 g/mol. The number of hydrogen-bond donors (Lipinski definition) is 1. The smallest absolute Gasteiger partial charge is 0.407 e. The summed E-state index contributed by atoms with van der Waals surface area (Å²) in [5.74, 6) is 1.63. The molecule has 4 aromatic rings. The zero-order valence-corrected chi connectivity index (χ0v) is 28.2. The van der Waals surface area contributed by atoms with Gasteiger partial charge in [0.05, 0.1) is 29.2 Å². The molecule has 1 saturated carbocycles. The summed E-state index contributed by atoms with van der Waals surface area (Å²) in [5, 5.41) is 11.5. The maximum atomic E-state index is 17.3. The summed E-state index contributed by atoms with van der Waals surface area (Å²) in [6, 6.07) is 7.06. The Morgan fingerprint density at radius 1 is 1.18 bits per heavy atom. The van der Waals surface area contributed by atoms with Gasteiger partial charge in [-0.2, -0.15) is 9.97 Å². The Morgan fingerprint density at radius 3 is 2.80 bits per heavy atom. The highest BCUT2D eigenvalue weighted by atomic mass is 19.1. The van der Waals surface area contributed by atoms with Crippen LogP contribution in [0.3, 0.4) is 0 Å². The van der Waals surface area contributed by atoms with E-state index in [0.717, 1.165) is 25.9 Å². The normalized spacial score (nSPS) is 28.5. The first-order valence-corrected chi connectivity index (χ1v) is 17.7. The molecule has 1 N–H and O–H groups in total. The summed E-state index contributed by atoms with van der Waals surface area (Å²) in [4.78, 5) is 33.0. The van der Waals surface area contributed by atoms with Crippen molar-refractivity contribution in [3.63, 3.8) is 0 Å². The van der Waals surface area contributed by atoms with E-state index >= 15 is 8.78 Å². The predicted molar refractivity (Wildman–Crippen MR) is 186 cm³/mol. The lowest BCUT2D eigenvalue weighted by Gasteiger charge is -2.47. The zero-order chi connectivity index (χ0) is 35.0. The second-order valence-corrected chi connectivity index (χ2v) is 15.5. The molecule has 4 saturated heterocycles. The molecule has 0 radical (unpaired) electrons. The van der Waals surface area contributed by atoms with Crippen LogP contribution in [0.1, 0.15) is 51.0 Å². The van der Waals surface area contributed by atoms with Gasteiger partial charge in [-0.25, -0.2) is 18.6 Å². The van der Waals surface area contributed by atoms with Crippen molar-refractivity contribution in [1.82, 2.24) is 24.8 Å². The summed E-state index contributed by atoms with van der Waals surface area (Å²) < 4.78 is 45.5. The third-order valence-electron chi connectivity index (χ3n) is 12.4. The van der Waals surface area contributed by atoms with Crippen molar-refractivity contribution in [2.75, 3.05) is 31.1 Å². The van der Waals surface area contributed by atoms with Crippen molar-refractivity contribution in [3.05, 3.63) is 59.7 Å². The number of carboxylic acid groups (broad SMARTS) is 1. The fourth-order valence-corrected chi connectivity index (χ4v) is 10.2. The largest absolute Gasteiger partial charge is 0.472 e. The number of piperazine rings is 1. The van der Waals surface area contributed by atoms with E-state index in [1.807, 2.05) is 6.92 Å². The van der Waals surface area contributed by atoms with E-state index in [0.29, 0.717) is 53.6 Å². The van der Waals surface area contributed by atoms with Crippen molar-refractivity contribution in [2.24, 2.45) is 5.41 Å². The molecule has 5 aliphatic heterocycles. The number of terminal acetylenes is 1. The van der Waals surface area contributed by atoms with E-state index in [4.69, 9.17) is 30.8 Å². The molecule has 5 atom stereocenters. The minimum atomic E-state index is -0.973. The van der Waals surface area contributed by atoms with E-state index < -0.39 is 29.9 Å². The number of anilines is 1. The van der Waals surface area contributed by atoms with Gasteiger partial charge in [0, 0.05) is 30.6 Å². The number of rotatable bonds is 4. The van der Waals surface area contributed by atoms with Crippen LogP contribution in [0.15, 0.2) is 42.5 Å². The summed E-state index contributed by atoms with van der Waals surface area (Å²) in [6.45, 7) is 8.70. The molecule has 10 rings (SSSR count). The predicted octanol–water partition coefficient (Wildman–Crippen LogP) is 6.15. The van der Waals surface area contributed by atoms with Crippen molar-refractivity contribution in [1.29, 1.82) is 0 Å². The highest BCUT2D eigenvalue weighted by Crippen LogP contribution is 2.61. The summed E-state index contributed by atoms with van der Waals surface area (Å²) >= 11 is 0. The van der Waals surface area contributed by atoms with E-state index in [1.54, 1.807) is 24.3 Å². The number of ether oxygens (including phenoxy) is 2. The van der Waals surface area contributed by atoms with Crippen LogP contribution in [0, 0.1) is 29.4 Å². The Morgan fingerprint density at radius 2 is 2.02 bits per heavy atom. The van der Waals surface area contributed by atoms with Crippen molar-refractivity contribution < 1.29 is 28.2 Å². The first-order valence-electron chi connectivity index (χ1n) is 17.7. The first-order chi connectivity index (χ1) is 24.6. The van der Waals surface area contributed by atoms with Crippen LogP contribution in [0.4, 0.5) is 19.4 Å². The Bertz CT molecular complexity index is 2270. The van der Waals surface area contributed by atoms with Gasteiger partial charge in [0.2, 0.25) is 5.88 Å². The molecule has 1 aliphatic carbocycles. The molecular weight excluding hydrogens is 654 g/mol. The van der Waals surface area contributed by atoms with Crippen LogP contribution in [0.2, 0.25) is 0 Å². The number of amides is 1. The topological polar surface area (TPSA) is 104 Å². The molecule has 2 aromatic carbocycles. The molecule has 1 amide bonds. The molecule has 12 heteroatoms. The van der Waals surface area contributed by atoms with Crippen molar-refractivity contribution in [2.45, 2.75) is 75.2 Å². The number of hydrogen-bond acceptors (Lipinski definition) is 8. The molecule has 7 heterocycles. The molecule has 6 aliphatic rings. The summed E-state index contributed by atoms with van der Waals surface area (Å²) in [5.41, 5.74) is 1.45. The second kappa shape index (κ2) is 10.5. The summed E-state index contributed by atoms with van der Waals surface area (Å²) in [7, 11) is 0. The van der Waals surface area contributed by atoms with Crippen molar-refractivity contribution in [3.8, 4) is 35.5 Å². The number of aromatic nitrogens is 3.